The van der Waals surface area contributed by atoms with Gasteiger partial charge in [0.1, 0.15) is 12.4 Å². The predicted molar refractivity (Wildman–Crippen MR) is 73.1 cm³/mol. The van der Waals surface area contributed by atoms with Gasteiger partial charge in [0.2, 0.25) is 0 Å². The van der Waals surface area contributed by atoms with E-state index >= 15 is 0 Å². The van der Waals surface area contributed by atoms with E-state index in [2.05, 4.69) is 0 Å². The number of hydrogen-bond donors (Lipinski definition) is 2. The minimum absolute atomic E-state index is 0.00470. The van der Waals surface area contributed by atoms with Crippen molar-refractivity contribution in [3.8, 4) is 11.5 Å². The number of hydrogen-bond acceptors (Lipinski definition) is 6. The SMILES string of the molecule is OCCOCCOCCOCCOc1ccc(O)cc1F. The number of halogens is 1. The van der Waals surface area contributed by atoms with Crippen molar-refractivity contribution < 1.29 is 33.6 Å². The van der Waals surface area contributed by atoms with Crippen LogP contribution in [0.2, 0.25) is 0 Å². The van der Waals surface area contributed by atoms with Crippen LogP contribution in [-0.2, 0) is 14.2 Å². The Morgan fingerprint density at radius 1 is 0.857 bits per heavy atom. The van der Waals surface area contributed by atoms with Crippen LogP contribution in [0.3, 0.4) is 0 Å². The summed E-state index contributed by atoms with van der Waals surface area (Å²) >= 11 is 0. The zero-order valence-electron chi connectivity index (χ0n) is 11.8. The van der Waals surface area contributed by atoms with Gasteiger partial charge in [0.05, 0.1) is 46.2 Å². The second-order valence-corrected chi connectivity index (χ2v) is 4.02. The van der Waals surface area contributed by atoms with Crippen LogP contribution in [0, 0.1) is 5.82 Å². The summed E-state index contributed by atoms with van der Waals surface area (Å²) < 4.78 is 33.9. The molecule has 1 aromatic carbocycles. The normalized spacial score (nSPS) is 10.8. The third-order valence-corrected chi connectivity index (χ3v) is 2.38. The number of aliphatic hydroxyl groups is 1. The van der Waals surface area contributed by atoms with Crippen LogP contribution in [0.15, 0.2) is 18.2 Å². The quantitative estimate of drug-likeness (QED) is 0.560. The Morgan fingerprint density at radius 3 is 2.00 bits per heavy atom. The molecule has 1 rings (SSSR count). The number of aromatic hydroxyl groups is 1. The number of phenolic OH excluding ortho intramolecular Hbond substituents is 1. The molecule has 0 unspecified atom stereocenters. The molecule has 0 bridgehead atoms. The summed E-state index contributed by atoms with van der Waals surface area (Å²) in [6, 6.07) is 3.70. The van der Waals surface area contributed by atoms with Crippen molar-refractivity contribution in [2.45, 2.75) is 0 Å². The summed E-state index contributed by atoms with van der Waals surface area (Å²) in [4.78, 5) is 0. The highest BCUT2D eigenvalue weighted by atomic mass is 19.1. The van der Waals surface area contributed by atoms with Crippen LogP contribution in [-0.4, -0.2) is 63.1 Å². The van der Waals surface area contributed by atoms with Crippen molar-refractivity contribution in [3.05, 3.63) is 24.0 Å². The van der Waals surface area contributed by atoms with Gasteiger partial charge in [-0.05, 0) is 12.1 Å². The number of phenols is 1. The molecule has 2 N–H and O–H groups in total. The third kappa shape index (κ3) is 8.46. The molecular formula is C14H21FO6. The minimum atomic E-state index is -0.610. The van der Waals surface area contributed by atoms with E-state index in [1.165, 1.54) is 12.1 Å². The lowest BCUT2D eigenvalue weighted by Gasteiger charge is -2.08. The smallest absolute Gasteiger partial charge is 0.168 e. The van der Waals surface area contributed by atoms with E-state index in [1.54, 1.807) is 0 Å². The fourth-order valence-electron chi connectivity index (χ4n) is 1.42. The first-order chi connectivity index (χ1) is 10.2. The maximum Gasteiger partial charge on any atom is 0.168 e. The van der Waals surface area contributed by atoms with E-state index in [9.17, 15) is 4.39 Å². The maximum absolute atomic E-state index is 13.3. The minimum Gasteiger partial charge on any atom is -0.508 e. The molecule has 6 nitrogen and oxygen atoms in total. The highest BCUT2D eigenvalue weighted by Crippen LogP contribution is 2.21. The Labute approximate surface area is 123 Å². The number of benzene rings is 1. The third-order valence-electron chi connectivity index (χ3n) is 2.38. The molecule has 7 heteroatoms. The Hall–Kier alpha value is -1.41. The van der Waals surface area contributed by atoms with E-state index in [-0.39, 0.29) is 24.7 Å². The standard InChI is InChI=1S/C14H21FO6/c15-13-11-12(17)1-2-14(13)21-10-9-20-8-7-19-6-5-18-4-3-16/h1-2,11,16-17H,3-10H2. The van der Waals surface area contributed by atoms with E-state index < -0.39 is 5.82 Å². The topological polar surface area (TPSA) is 77.4 Å². The molecule has 0 atom stereocenters. The first-order valence-corrected chi connectivity index (χ1v) is 6.69. The molecule has 0 fully saturated rings. The zero-order valence-corrected chi connectivity index (χ0v) is 11.8. The molecule has 0 heterocycles. The van der Waals surface area contributed by atoms with Crippen molar-refractivity contribution in [2.75, 3.05) is 52.9 Å². The highest BCUT2D eigenvalue weighted by molar-refractivity contribution is 5.31. The van der Waals surface area contributed by atoms with Crippen molar-refractivity contribution in [1.82, 2.24) is 0 Å². The second kappa shape index (κ2) is 11.3. The molecule has 0 aliphatic heterocycles. The van der Waals surface area contributed by atoms with Gasteiger partial charge >= 0.3 is 0 Å². The summed E-state index contributed by atoms with van der Waals surface area (Å²) in [7, 11) is 0. The Bertz CT molecular complexity index is 388. The van der Waals surface area contributed by atoms with Gasteiger partial charge in [-0.2, -0.15) is 0 Å². The van der Waals surface area contributed by atoms with Crippen molar-refractivity contribution in [1.29, 1.82) is 0 Å². The summed E-state index contributed by atoms with van der Waals surface area (Å²) in [5, 5.41) is 17.5. The molecule has 0 aliphatic rings. The van der Waals surface area contributed by atoms with Gasteiger partial charge in [0.25, 0.3) is 0 Å². The number of aliphatic hydroxyl groups excluding tert-OH is 1. The molecule has 120 valence electrons. The van der Waals surface area contributed by atoms with E-state index in [0.717, 1.165) is 6.07 Å². The summed E-state index contributed by atoms with van der Waals surface area (Å²) in [5.41, 5.74) is 0. The predicted octanol–water partition coefficient (Wildman–Crippen LogP) is 0.952. The lowest BCUT2D eigenvalue weighted by molar-refractivity contribution is 0.00346. The van der Waals surface area contributed by atoms with Gasteiger partial charge < -0.3 is 29.2 Å². The van der Waals surface area contributed by atoms with Gasteiger partial charge in [-0.3, -0.25) is 0 Å². The molecule has 0 spiro atoms. The van der Waals surface area contributed by atoms with Crippen LogP contribution in [0.1, 0.15) is 0 Å². The van der Waals surface area contributed by atoms with Crippen molar-refractivity contribution in [3.63, 3.8) is 0 Å². The van der Waals surface area contributed by atoms with Crippen LogP contribution in [0.25, 0.3) is 0 Å². The largest absolute Gasteiger partial charge is 0.508 e. The molecule has 0 saturated carbocycles. The molecule has 0 aliphatic carbocycles. The van der Waals surface area contributed by atoms with Gasteiger partial charge in [-0.25, -0.2) is 4.39 Å². The summed E-state index contributed by atoms with van der Waals surface area (Å²) in [6.07, 6.45) is 0. The van der Waals surface area contributed by atoms with Gasteiger partial charge in [0, 0.05) is 6.07 Å². The van der Waals surface area contributed by atoms with Gasteiger partial charge in [0.15, 0.2) is 11.6 Å². The van der Waals surface area contributed by atoms with E-state index in [4.69, 9.17) is 29.2 Å². The molecule has 0 radical (unpaired) electrons. The van der Waals surface area contributed by atoms with Gasteiger partial charge in [-0.1, -0.05) is 0 Å². The first-order valence-electron chi connectivity index (χ1n) is 6.69. The second-order valence-electron chi connectivity index (χ2n) is 4.02. The van der Waals surface area contributed by atoms with E-state index in [1.807, 2.05) is 0 Å². The Morgan fingerprint density at radius 2 is 1.43 bits per heavy atom. The summed E-state index contributed by atoms with van der Waals surface area (Å²) in [6.45, 7) is 2.54. The van der Waals surface area contributed by atoms with Crippen LogP contribution in [0.4, 0.5) is 4.39 Å². The number of ether oxygens (including phenoxy) is 4. The zero-order chi connectivity index (χ0) is 15.3. The molecular weight excluding hydrogens is 283 g/mol. The summed E-state index contributed by atoms with van der Waals surface area (Å²) in [5.74, 6) is -0.675. The molecule has 0 aromatic heterocycles. The molecule has 1 aromatic rings. The fourth-order valence-corrected chi connectivity index (χ4v) is 1.42. The fraction of sp³-hybridized carbons (Fsp3) is 0.571. The average Bonchev–Trinajstić information content (AvgIpc) is 2.46. The Kier molecular flexibility index (Phi) is 9.47. The van der Waals surface area contributed by atoms with E-state index in [0.29, 0.717) is 39.6 Å². The van der Waals surface area contributed by atoms with Crippen LogP contribution >= 0.6 is 0 Å². The van der Waals surface area contributed by atoms with Crippen molar-refractivity contribution >= 4 is 0 Å². The lowest BCUT2D eigenvalue weighted by atomic mass is 10.3. The lowest BCUT2D eigenvalue weighted by Crippen LogP contribution is -2.13. The molecule has 0 saturated heterocycles. The molecule has 21 heavy (non-hydrogen) atoms. The average molecular weight is 304 g/mol. The molecule has 0 amide bonds. The monoisotopic (exact) mass is 304 g/mol. The Balaban J connectivity index is 1.93. The van der Waals surface area contributed by atoms with Gasteiger partial charge in [-0.15, -0.1) is 0 Å². The number of rotatable bonds is 12. The maximum atomic E-state index is 13.3. The van der Waals surface area contributed by atoms with Crippen LogP contribution in [0.5, 0.6) is 11.5 Å². The van der Waals surface area contributed by atoms with Crippen molar-refractivity contribution in [2.24, 2.45) is 0 Å². The first kappa shape index (κ1) is 17.6. The highest BCUT2D eigenvalue weighted by Gasteiger charge is 2.03. The van der Waals surface area contributed by atoms with Crippen LogP contribution < -0.4 is 4.74 Å².